The van der Waals surface area contributed by atoms with Crippen LogP contribution in [0.3, 0.4) is 0 Å². The third kappa shape index (κ3) is 5.40. The van der Waals surface area contributed by atoms with Gasteiger partial charge in [-0.05, 0) is 24.3 Å². The third-order valence-electron chi connectivity index (χ3n) is 4.58. The molecule has 0 radical (unpaired) electrons. The largest absolute Gasteiger partial charge is 0.451 e. The number of ether oxygens (including phenoxy) is 1. The molecular formula is C19H24N4O3. The topological polar surface area (TPSA) is 86.1 Å². The number of amides is 1. The normalized spacial score (nSPS) is 14.8. The van der Waals surface area contributed by atoms with Crippen molar-refractivity contribution in [2.75, 3.05) is 13.2 Å². The van der Waals surface area contributed by atoms with Crippen LogP contribution in [-0.2, 0) is 16.1 Å². The van der Waals surface area contributed by atoms with Gasteiger partial charge in [0.25, 0.3) is 5.91 Å². The molecule has 1 amide bonds. The molecule has 1 fully saturated rings. The number of rotatable bonds is 7. The minimum atomic E-state index is -0.642. The minimum absolute atomic E-state index is 0.0982. The van der Waals surface area contributed by atoms with Crippen molar-refractivity contribution in [2.45, 2.75) is 38.6 Å². The predicted molar refractivity (Wildman–Crippen MR) is 95.4 cm³/mol. The maximum Gasteiger partial charge on any atom is 0.361 e. The first-order valence-corrected chi connectivity index (χ1v) is 9.08. The van der Waals surface area contributed by atoms with E-state index in [0.29, 0.717) is 19.0 Å². The van der Waals surface area contributed by atoms with Crippen molar-refractivity contribution in [3.05, 3.63) is 47.8 Å². The Morgan fingerprint density at radius 1 is 1.15 bits per heavy atom. The monoisotopic (exact) mass is 356 g/mol. The quantitative estimate of drug-likeness (QED) is 0.769. The highest BCUT2D eigenvalue weighted by atomic mass is 16.5. The number of hydrogen-bond acceptors (Lipinski definition) is 5. The van der Waals surface area contributed by atoms with Gasteiger partial charge < -0.3 is 10.1 Å². The first-order chi connectivity index (χ1) is 12.7. The van der Waals surface area contributed by atoms with E-state index in [1.165, 1.54) is 25.5 Å². The summed E-state index contributed by atoms with van der Waals surface area (Å²) in [5, 5.41) is 10.6. The Kier molecular flexibility index (Phi) is 6.35. The predicted octanol–water partition coefficient (Wildman–Crippen LogP) is 2.18. The van der Waals surface area contributed by atoms with E-state index in [1.807, 2.05) is 30.3 Å². The Balaban J connectivity index is 1.41. The summed E-state index contributed by atoms with van der Waals surface area (Å²) in [5.41, 5.74) is 1.15. The molecule has 1 saturated carbocycles. The van der Waals surface area contributed by atoms with Gasteiger partial charge in [0.1, 0.15) is 0 Å². The van der Waals surface area contributed by atoms with Gasteiger partial charge in [0.05, 0.1) is 12.7 Å². The zero-order valence-electron chi connectivity index (χ0n) is 14.8. The summed E-state index contributed by atoms with van der Waals surface area (Å²) in [5.74, 6) is -0.376. The number of aromatic nitrogens is 3. The highest BCUT2D eigenvalue weighted by molar-refractivity contribution is 5.89. The molecule has 0 bridgehead atoms. The summed E-state index contributed by atoms with van der Waals surface area (Å²) in [6, 6.07) is 9.75. The van der Waals surface area contributed by atoms with Crippen LogP contribution in [0.15, 0.2) is 36.5 Å². The second-order valence-electron chi connectivity index (χ2n) is 6.67. The Bertz CT molecular complexity index is 723. The number of benzene rings is 1. The van der Waals surface area contributed by atoms with Gasteiger partial charge in [-0.2, -0.15) is 0 Å². The van der Waals surface area contributed by atoms with Gasteiger partial charge in [0, 0.05) is 6.54 Å². The number of esters is 1. The summed E-state index contributed by atoms with van der Waals surface area (Å²) >= 11 is 0. The Morgan fingerprint density at radius 2 is 1.92 bits per heavy atom. The van der Waals surface area contributed by atoms with E-state index in [4.69, 9.17) is 4.74 Å². The molecule has 1 aliphatic rings. The van der Waals surface area contributed by atoms with Gasteiger partial charge >= 0.3 is 5.97 Å². The van der Waals surface area contributed by atoms with Gasteiger partial charge in [0.2, 0.25) is 0 Å². The van der Waals surface area contributed by atoms with Crippen molar-refractivity contribution in [3.63, 3.8) is 0 Å². The van der Waals surface area contributed by atoms with E-state index in [-0.39, 0.29) is 18.2 Å². The fourth-order valence-corrected chi connectivity index (χ4v) is 3.15. The lowest BCUT2D eigenvalue weighted by molar-refractivity contribution is -0.124. The first-order valence-electron chi connectivity index (χ1n) is 9.08. The number of carbonyl (C=O) groups excluding carboxylic acids is 2. The van der Waals surface area contributed by atoms with Gasteiger partial charge in [-0.3, -0.25) is 4.79 Å². The van der Waals surface area contributed by atoms with E-state index in [1.54, 1.807) is 4.68 Å². The summed E-state index contributed by atoms with van der Waals surface area (Å²) < 4.78 is 6.59. The number of nitrogens with one attached hydrogen (secondary N) is 1. The van der Waals surface area contributed by atoms with Crippen LogP contribution in [0.5, 0.6) is 0 Å². The zero-order chi connectivity index (χ0) is 18.2. The van der Waals surface area contributed by atoms with Crippen molar-refractivity contribution < 1.29 is 14.3 Å². The average molecular weight is 356 g/mol. The highest BCUT2D eigenvalue weighted by Gasteiger charge is 2.17. The van der Waals surface area contributed by atoms with Crippen molar-refractivity contribution in [3.8, 4) is 0 Å². The third-order valence-corrected chi connectivity index (χ3v) is 4.58. The minimum Gasteiger partial charge on any atom is -0.451 e. The van der Waals surface area contributed by atoms with Gasteiger partial charge in [-0.15, -0.1) is 5.10 Å². The maximum atomic E-state index is 12.0. The Hall–Kier alpha value is -2.70. The fourth-order valence-electron chi connectivity index (χ4n) is 3.15. The van der Waals surface area contributed by atoms with Crippen LogP contribution in [0, 0.1) is 5.92 Å². The fraction of sp³-hybridized carbons (Fsp3) is 0.474. The summed E-state index contributed by atoms with van der Waals surface area (Å²) in [7, 11) is 0. The van der Waals surface area contributed by atoms with E-state index in [0.717, 1.165) is 18.4 Å². The molecule has 0 spiro atoms. The smallest absolute Gasteiger partial charge is 0.361 e. The van der Waals surface area contributed by atoms with Gasteiger partial charge in [-0.25, -0.2) is 9.48 Å². The van der Waals surface area contributed by atoms with Crippen LogP contribution in [0.4, 0.5) is 0 Å². The van der Waals surface area contributed by atoms with E-state index < -0.39 is 5.97 Å². The molecule has 0 atom stereocenters. The zero-order valence-corrected chi connectivity index (χ0v) is 14.8. The first kappa shape index (κ1) is 18.1. The molecule has 1 aromatic heterocycles. The Morgan fingerprint density at radius 3 is 2.69 bits per heavy atom. The van der Waals surface area contributed by atoms with Gasteiger partial charge in [-0.1, -0.05) is 54.8 Å². The summed E-state index contributed by atoms with van der Waals surface area (Å²) in [4.78, 5) is 23.8. The molecule has 2 aromatic rings. The summed E-state index contributed by atoms with van der Waals surface area (Å²) in [6.45, 7) is 0.879. The molecular weight excluding hydrogens is 332 g/mol. The molecule has 26 heavy (non-hydrogen) atoms. The molecule has 1 heterocycles. The lowest BCUT2D eigenvalue weighted by Crippen LogP contribution is -2.33. The lowest BCUT2D eigenvalue weighted by Gasteiger charge is -2.21. The number of hydrogen-bond donors (Lipinski definition) is 1. The van der Waals surface area contributed by atoms with Crippen molar-refractivity contribution in [1.82, 2.24) is 20.3 Å². The molecule has 1 aliphatic carbocycles. The SMILES string of the molecule is O=C(COC(=O)c1cn(Cc2ccccc2)nn1)NCC1CCCCC1. The van der Waals surface area contributed by atoms with E-state index >= 15 is 0 Å². The summed E-state index contributed by atoms with van der Waals surface area (Å²) in [6.07, 6.45) is 7.58. The average Bonchev–Trinajstić information content (AvgIpc) is 3.14. The molecule has 1 N–H and O–H groups in total. The molecule has 3 rings (SSSR count). The van der Waals surface area contributed by atoms with Crippen LogP contribution in [0.1, 0.15) is 48.2 Å². The second-order valence-corrected chi connectivity index (χ2v) is 6.67. The highest BCUT2D eigenvalue weighted by Crippen LogP contribution is 2.22. The molecule has 0 unspecified atom stereocenters. The van der Waals surface area contributed by atoms with E-state index in [2.05, 4.69) is 15.6 Å². The van der Waals surface area contributed by atoms with Crippen molar-refractivity contribution in [1.29, 1.82) is 0 Å². The second kappa shape index (κ2) is 9.12. The Labute approximate surface area is 152 Å². The van der Waals surface area contributed by atoms with Crippen molar-refractivity contribution >= 4 is 11.9 Å². The van der Waals surface area contributed by atoms with Crippen LogP contribution in [0.2, 0.25) is 0 Å². The molecule has 7 heteroatoms. The van der Waals surface area contributed by atoms with Crippen LogP contribution in [-0.4, -0.2) is 40.0 Å². The standard InChI is InChI=1S/C19H24N4O3/c24-18(20-11-15-7-3-1-4-8-15)14-26-19(25)17-13-23(22-21-17)12-16-9-5-2-6-10-16/h2,5-6,9-10,13,15H,1,3-4,7-8,11-12,14H2,(H,20,24). The number of nitrogens with zero attached hydrogens (tertiary/aromatic N) is 3. The lowest BCUT2D eigenvalue weighted by atomic mass is 9.89. The molecule has 0 saturated heterocycles. The van der Waals surface area contributed by atoms with Crippen LogP contribution >= 0.6 is 0 Å². The molecule has 138 valence electrons. The van der Waals surface area contributed by atoms with E-state index in [9.17, 15) is 9.59 Å². The van der Waals surface area contributed by atoms with Crippen LogP contribution in [0.25, 0.3) is 0 Å². The van der Waals surface area contributed by atoms with Crippen molar-refractivity contribution in [2.24, 2.45) is 5.92 Å². The maximum absolute atomic E-state index is 12.0. The van der Waals surface area contributed by atoms with Crippen LogP contribution < -0.4 is 5.32 Å². The molecule has 1 aromatic carbocycles. The molecule has 0 aliphatic heterocycles. The number of carbonyl (C=O) groups is 2. The molecule has 7 nitrogen and oxygen atoms in total. The van der Waals surface area contributed by atoms with Gasteiger partial charge in [0.15, 0.2) is 12.3 Å².